The highest BCUT2D eigenvalue weighted by Gasteiger charge is 2.23. The standard InChI is InChI=1S/C16H11BrClN3/c17-11-2-4-14-13(7-11)16(20-9-19-14)21-6-5-10-1-3-12(18)8-15(10)21/h1-4,7-9H,5-6H2. The van der Waals surface area contributed by atoms with Crippen molar-refractivity contribution in [1.29, 1.82) is 0 Å². The molecule has 5 heteroatoms. The van der Waals surface area contributed by atoms with E-state index in [1.807, 2.05) is 24.3 Å². The van der Waals surface area contributed by atoms with Gasteiger partial charge in [-0.3, -0.25) is 0 Å². The van der Waals surface area contributed by atoms with Gasteiger partial charge in [0.2, 0.25) is 0 Å². The molecule has 0 bridgehead atoms. The highest BCUT2D eigenvalue weighted by atomic mass is 79.9. The van der Waals surface area contributed by atoms with Crippen molar-refractivity contribution in [3.05, 3.63) is 57.8 Å². The first-order valence-electron chi connectivity index (χ1n) is 6.68. The van der Waals surface area contributed by atoms with Crippen molar-refractivity contribution >= 4 is 49.9 Å². The summed E-state index contributed by atoms with van der Waals surface area (Å²) in [6, 6.07) is 12.1. The van der Waals surface area contributed by atoms with Gasteiger partial charge < -0.3 is 4.90 Å². The van der Waals surface area contributed by atoms with Crippen molar-refractivity contribution in [2.45, 2.75) is 6.42 Å². The second-order valence-corrected chi connectivity index (χ2v) is 6.39. The number of halogens is 2. The first kappa shape index (κ1) is 13.0. The van der Waals surface area contributed by atoms with Gasteiger partial charge in [-0.05, 0) is 42.3 Å². The van der Waals surface area contributed by atoms with Crippen LogP contribution in [0.4, 0.5) is 11.5 Å². The van der Waals surface area contributed by atoms with Crippen LogP contribution in [-0.4, -0.2) is 16.5 Å². The quantitative estimate of drug-likeness (QED) is 0.627. The highest BCUT2D eigenvalue weighted by molar-refractivity contribution is 9.10. The van der Waals surface area contributed by atoms with Crippen LogP contribution in [0.2, 0.25) is 5.02 Å². The Labute approximate surface area is 135 Å². The van der Waals surface area contributed by atoms with Crippen molar-refractivity contribution in [1.82, 2.24) is 9.97 Å². The predicted molar refractivity (Wildman–Crippen MR) is 89.4 cm³/mol. The normalized spacial score (nSPS) is 13.7. The monoisotopic (exact) mass is 359 g/mol. The fraction of sp³-hybridized carbons (Fsp3) is 0.125. The lowest BCUT2D eigenvalue weighted by Crippen LogP contribution is -2.15. The molecule has 0 radical (unpaired) electrons. The van der Waals surface area contributed by atoms with Crippen LogP contribution in [0.5, 0.6) is 0 Å². The maximum atomic E-state index is 6.15. The summed E-state index contributed by atoms with van der Waals surface area (Å²) in [4.78, 5) is 11.1. The summed E-state index contributed by atoms with van der Waals surface area (Å²) in [5, 5.41) is 1.79. The van der Waals surface area contributed by atoms with Gasteiger partial charge in [0, 0.05) is 27.1 Å². The third-order valence-electron chi connectivity index (χ3n) is 3.77. The average Bonchev–Trinajstić information content (AvgIpc) is 2.89. The van der Waals surface area contributed by atoms with E-state index in [0.29, 0.717) is 0 Å². The second kappa shape index (κ2) is 4.97. The van der Waals surface area contributed by atoms with Crippen molar-refractivity contribution in [2.24, 2.45) is 0 Å². The van der Waals surface area contributed by atoms with Crippen molar-refractivity contribution in [3.8, 4) is 0 Å². The Bertz CT molecular complexity index is 850. The lowest BCUT2D eigenvalue weighted by molar-refractivity contribution is 0.974. The molecule has 0 unspecified atom stereocenters. The summed E-state index contributed by atoms with van der Waals surface area (Å²) < 4.78 is 1.02. The zero-order chi connectivity index (χ0) is 14.4. The summed E-state index contributed by atoms with van der Waals surface area (Å²) >= 11 is 9.68. The van der Waals surface area contributed by atoms with E-state index in [1.54, 1.807) is 6.33 Å². The Morgan fingerprint density at radius 2 is 2.00 bits per heavy atom. The van der Waals surface area contributed by atoms with Crippen LogP contribution in [0.15, 0.2) is 47.2 Å². The fourth-order valence-corrected chi connectivity index (χ4v) is 3.33. The number of rotatable bonds is 1. The smallest absolute Gasteiger partial charge is 0.144 e. The molecule has 3 nitrogen and oxygen atoms in total. The van der Waals surface area contributed by atoms with Gasteiger partial charge in [-0.25, -0.2) is 9.97 Å². The molecule has 0 spiro atoms. The molecule has 104 valence electrons. The van der Waals surface area contributed by atoms with E-state index < -0.39 is 0 Å². The van der Waals surface area contributed by atoms with Gasteiger partial charge in [0.1, 0.15) is 12.1 Å². The molecule has 0 N–H and O–H groups in total. The first-order chi connectivity index (χ1) is 10.2. The molecule has 0 atom stereocenters. The highest BCUT2D eigenvalue weighted by Crippen LogP contribution is 2.38. The Kier molecular flexibility index (Phi) is 3.08. The number of hydrogen-bond acceptors (Lipinski definition) is 3. The van der Waals surface area contributed by atoms with Gasteiger partial charge in [-0.2, -0.15) is 0 Å². The van der Waals surface area contributed by atoms with Gasteiger partial charge >= 0.3 is 0 Å². The molecular formula is C16H11BrClN3. The van der Waals surface area contributed by atoms with Crippen LogP contribution in [-0.2, 0) is 6.42 Å². The van der Waals surface area contributed by atoms with E-state index >= 15 is 0 Å². The summed E-state index contributed by atoms with van der Waals surface area (Å²) in [7, 11) is 0. The minimum absolute atomic E-state index is 0.750. The van der Waals surface area contributed by atoms with E-state index in [1.165, 1.54) is 5.56 Å². The van der Waals surface area contributed by atoms with Crippen molar-refractivity contribution < 1.29 is 0 Å². The molecule has 1 aliphatic rings. The van der Waals surface area contributed by atoms with E-state index in [4.69, 9.17) is 11.6 Å². The van der Waals surface area contributed by atoms with Crippen LogP contribution in [0.1, 0.15) is 5.56 Å². The maximum Gasteiger partial charge on any atom is 0.144 e. The molecule has 3 aromatic rings. The molecule has 21 heavy (non-hydrogen) atoms. The van der Waals surface area contributed by atoms with E-state index in [2.05, 4.69) is 42.9 Å². The van der Waals surface area contributed by atoms with Crippen LogP contribution in [0.3, 0.4) is 0 Å². The van der Waals surface area contributed by atoms with Gasteiger partial charge in [-0.15, -0.1) is 0 Å². The van der Waals surface area contributed by atoms with Gasteiger partial charge in [0.05, 0.1) is 5.52 Å². The predicted octanol–water partition coefficient (Wildman–Crippen LogP) is 4.74. The number of benzene rings is 2. The number of aromatic nitrogens is 2. The summed E-state index contributed by atoms with van der Waals surface area (Å²) in [5.41, 5.74) is 3.39. The molecule has 4 rings (SSSR count). The molecule has 0 amide bonds. The molecule has 1 aliphatic heterocycles. The largest absolute Gasteiger partial charge is 0.325 e. The molecule has 0 fully saturated rings. The van der Waals surface area contributed by atoms with Gasteiger partial charge in [0.25, 0.3) is 0 Å². The number of nitrogens with zero attached hydrogens (tertiary/aromatic N) is 3. The fourth-order valence-electron chi connectivity index (χ4n) is 2.80. The number of hydrogen-bond donors (Lipinski definition) is 0. The Morgan fingerprint density at radius 3 is 2.90 bits per heavy atom. The van der Waals surface area contributed by atoms with Crippen LogP contribution in [0, 0.1) is 0 Å². The summed E-state index contributed by atoms with van der Waals surface area (Å²) in [5.74, 6) is 0.933. The average molecular weight is 361 g/mol. The van der Waals surface area contributed by atoms with E-state index in [9.17, 15) is 0 Å². The summed E-state index contributed by atoms with van der Waals surface area (Å²) in [6.45, 7) is 0.911. The lowest BCUT2D eigenvalue weighted by Gasteiger charge is -2.20. The van der Waals surface area contributed by atoms with Crippen molar-refractivity contribution in [3.63, 3.8) is 0 Å². The second-order valence-electron chi connectivity index (χ2n) is 5.03. The topological polar surface area (TPSA) is 29.0 Å². The molecule has 0 aliphatic carbocycles. The summed E-state index contributed by atoms with van der Waals surface area (Å²) in [6.07, 6.45) is 2.63. The maximum absolute atomic E-state index is 6.15. The number of fused-ring (bicyclic) bond motifs is 2. The molecule has 0 saturated carbocycles. The SMILES string of the molecule is Clc1ccc2c(c1)N(c1ncnc3ccc(Br)cc13)CC2. The molecular weight excluding hydrogens is 350 g/mol. The van der Waals surface area contributed by atoms with Crippen LogP contribution >= 0.6 is 27.5 Å². The van der Waals surface area contributed by atoms with Gasteiger partial charge in [0.15, 0.2) is 0 Å². The Balaban J connectivity index is 1.93. The van der Waals surface area contributed by atoms with E-state index in [0.717, 1.165) is 44.9 Å². The molecule has 1 aromatic heterocycles. The van der Waals surface area contributed by atoms with Gasteiger partial charge in [-0.1, -0.05) is 33.6 Å². The molecule has 2 aromatic carbocycles. The zero-order valence-corrected chi connectivity index (χ0v) is 13.4. The van der Waals surface area contributed by atoms with Crippen LogP contribution in [0.25, 0.3) is 10.9 Å². The third-order valence-corrected chi connectivity index (χ3v) is 4.50. The Morgan fingerprint density at radius 1 is 1.10 bits per heavy atom. The molecule has 2 heterocycles. The van der Waals surface area contributed by atoms with E-state index in [-0.39, 0.29) is 0 Å². The lowest BCUT2D eigenvalue weighted by atomic mass is 10.2. The minimum Gasteiger partial charge on any atom is -0.325 e. The van der Waals surface area contributed by atoms with Crippen molar-refractivity contribution in [2.75, 3.05) is 11.4 Å². The molecule has 0 saturated heterocycles. The minimum atomic E-state index is 0.750. The Hall–Kier alpha value is -1.65. The first-order valence-corrected chi connectivity index (χ1v) is 7.86. The zero-order valence-electron chi connectivity index (χ0n) is 11.1. The van der Waals surface area contributed by atoms with Crippen LogP contribution < -0.4 is 4.90 Å². The third kappa shape index (κ3) is 2.19. The number of anilines is 2.